The van der Waals surface area contributed by atoms with Gasteiger partial charge >= 0.3 is 12.0 Å². The molecule has 0 unspecified atom stereocenters. The van der Waals surface area contributed by atoms with Gasteiger partial charge in [-0.2, -0.15) is 0 Å². The molecule has 2 N–H and O–H groups in total. The minimum atomic E-state index is -0.772. The molecule has 2 aromatic carbocycles. The first-order valence-electron chi connectivity index (χ1n) is 9.38. The maximum absolute atomic E-state index is 12.5. The third-order valence-electron chi connectivity index (χ3n) is 4.67. The summed E-state index contributed by atoms with van der Waals surface area (Å²) in [6.45, 7) is 0.0210. The van der Waals surface area contributed by atoms with Gasteiger partial charge in [0.15, 0.2) is 6.61 Å². The average molecular weight is 406 g/mol. The number of imide groups is 1. The number of fused-ring (bicyclic) bond motifs is 2. The fourth-order valence-corrected chi connectivity index (χ4v) is 3.27. The summed E-state index contributed by atoms with van der Waals surface area (Å²) in [6.07, 6.45) is 1.57. The van der Waals surface area contributed by atoms with Crippen molar-refractivity contribution in [3.05, 3.63) is 70.3 Å². The molecule has 3 amide bonds. The van der Waals surface area contributed by atoms with Crippen molar-refractivity contribution in [2.75, 3.05) is 11.9 Å². The number of rotatable bonds is 4. The fourth-order valence-electron chi connectivity index (χ4n) is 3.27. The molecule has 0 atom stereocenters. The molecule has 1 aromatic heterocycles. The second kappa shape index (κ2) is 8.16. The number of para-hydroxylation sites is 1. The molecule has 1 aliphatic heterocycles. The van der Waals surface area contributed by atoms with Crippen LogP contribution in [0, 0.1) is 0 Å². The van der Waals surface area contributed by atoms with E-state index in [0.29, 0.717) is 35.4 Å². The Morgan fingerprint density at radius 2 is 1.90 bits per heavy atom. The smallest absolute Gasteiger partial charge is 0.338 e. The van der Waals surface area contributed by atoms with E-state index in [2.05, 4.69) is 15.6 Å². The minimum absolute atomic E-state index is 0.128. The Labute approximate surface area is 170 Å². The lowest BCUT2D eigenvalue weighted by Gasteiger charge is -2.08. The van der Waals surface area contributed by atoms with Gasteiger partial charge in [-0.25, -0.2) is 14.6 Å². The van der Waals surface area contributed by atoms with Gasteiger partial charge in [-0.3, -0.25) is 19.5 Å². The maximum atomic E-state index is 12.5. The van der Waals surface area contributed by atoms with Gasteiger partial charge in [-0.1, -0.05) is 18.2 Å². The van der Waals surface area contributed by atoms with E-state index >= 15 is 0 Å². The Balaban J connectivity index is 1.37. The normalized spacial score (nSPS) is 12.3. The van der Waals surface area contributed by atoms with Gasteiger partial charge in [-0.05, 0) is 36.8 Å². The number of carbonyl (C=O) groups is 3. The van der Waals surface area contributed by atoms with Gasteiger partial charge in [0.05, 0.1) is 16.5 Å². The molecule has 9 nitrogen and oxygen atoms in total. The molecule has 30 heavy (non-hydrogen) atoms. The number of benzene rings is 2. The minimum Gasteiger partial charge on any atom is -0.452 e. The number of nitrogens with zero attached hydrogens (tertiary/aromatic N) is 2. The summed E-state index contributed by atoms with van der Waals surface area (Å²) in [7, 11) is 0. The lowest BCUT2D eigenvalue weighted by atomic mass is 10.1. The number of urea groups is 1. The standard InChI is InChI=1S/C21H18N4O5/c26-18(24-21(29)22-14-5-2-1-3-6-14)12-30-20(28)13-8-9-15-16(11-13)23-17-7-4-10-25(17)19(15)27/h1-3,5-6,8-9,11H,4,7,10,12H2,(H2,22,24,26,29). The molecule has 0 fully saturated rings. The van der Waals surface area contributed by atoms with Gasteiger partial charge in [0.2, 0.25) is 0 Å². The second-order valence-electron chi connectivity index (χ2n) is 6.76. The van der Waals surface area contributed by atoms with Gasteiger partial charge in [-0.15, -0.1) is 0 Å². The molecule has 0 aliphatic carbocycles. The predicted molar refractivity (Wildman–Crippen MR) is 108 cm³/mol. The topological polar surface area (TPSA) is 119 Å². The largest absolute Gasteiger partial charge is 0.452 e. The summed E-state index contributed by atoms with van der Waals surface area (Å²) in [4.78, 5) is 52.8. The van der Waals surface area contributed by atoms with Crippen LogP contribution in [0.5, 0.6) is 0 Å². The molecule has 9 heteroatoms. The Kier molecular flexibility index (Phi) is 5.25. The van der Waals surface area contributed by atoms with E-state index in [9.17, 15) is 19.2 Å². The van der Waals surface area contributed by atoms with Crippen molar-refractivity contribution >= 4 is 34.5 Å². The molecule has 3 aromatic rings. The zero-order valence-corrected chi connectivity index (χ0v) is 15.9. The van der Waals surface area contributed by atoms with Gasteiger partial charge in [0.1, 0.15) is 5.82 Å². The van der Waals surface area contributed by atoms with Gasteiger partial charge < -0.3 is 10.1 Å². The van der Waals surface area contributed by atoms with Crippen molar-refractivity contribution in [1.82, 2.24) is 14.9 Å². The number of aryl methyl sites for hydroxylation is 1. The Morgan fingerprint density at radius 1 is 1.10 bits per heavy atom. The molecular formula is C21H18N4O5. The number of aromatic nitrogens is 2. The Morgan fingerprint density at radius 3 is 2.70 bits per heavy atom. The molecule has 152 valence electrons. The summed E-state index contributed by atoms with van der Waals surface area (Å²) in [5.74, 6) is -0.827. The monoisotopic (exact) mass is 406 g/mol. The average Bonchev–Trinajstić information content (AvgIpc) is 3.21. The molecule has 1 aliphatic rings. The Bertz CT molecular complexity index is 1200. The van der Waals surface area contributed by atoms with Crippen LogP contribution in [-0.2, 0) is 22.5 Å². The highest BCUT2D eigenvalue weighted by atomic mass is 16.5. The van der Waals surface area contributed by atoms with Crippen LogP contribution in [0.2, 0.25) is 0 Å². The van der Waals surface area contributed by atoms with Crippen LogP contribution >= 0.6 is 0 Å². The van der Waals surface area contributed by atoms with E-state index in [0.717, 1.165) is 6.42 Å². The molecule has 4 rings (SSSR count). The molecular weight excluding hydrogens is 388 g/mol. The number of anilines is 1. The van der Waals surface area contributed by atoms with Crippen molar-refractivity contribution in [3.63, 3.8) is 0 Å². The highest BCUT2D eigenvalue weighted by Gasteiger charge is 2.18. The van der Waals surface area contributed by atoms with Crippen molar-refractivity contribution in [3.8, 4) is 0 Å². The van der Waals surface area contributed by atoms with Crippen molar-refractivity contribution in [1.29, 1.82) is 0 Å². The summed E-state index contributed by atoms with van der Waals surface area (Å²) in [5, 5.41) is 4.99. The quantitative estimate of drug-likeness (QED) is 0.638. The van der Waals surface area contributed by atoms with Crippen LogP contribution in [0.4, 0.5) is 10.5 Å². The summed E-state index contributed by atoms with van der Waals surface area (Å²) in [6, 6.07) is 12.3. The number of amides is 3. The van der Waals surface area contributed by atoms with Crippen molar-refractivity contribution in [2.45, 2.75) is 19.4 Å². The Hall–Kier alpha value is -4.01. The number of hydrogen-bond acceptors (Lipinski definition) is 6. The third kappa shape index (κ3) is 4.04. The molecule has 0 bridgehead atoms. The van der Waals surface area contributed by atoms with Gasteiger partial charge in [0, 0.05) is 18.7 Å². The zero-order chi connectivity index (χ0) is 21.1. The predicted octanol–water partition coefficient (Wildman–Crippen LogP) is 1.85. The van der Waals surface area contributed by atoms with Crippen LogP contribution in [0.3, 0.4) is 0 Å². The van der Waals surface area contributed by atoms with E-state index in [1.807, 2.05) is 0 Å². The number of ether oxygens (including phenoxy) is 1. The van der Waals surface area contributed by atoms with E-state index < -0.39 is 24.5 Å². The highest BCUT2D eigenvalue weighted by Crippen LogP contribution is 2.16. The molecule has 0 radical (unpaired) electrons. The number of nitrogens with one attached hydrogen (secondary N) is 2. The van der Waals surface area contributed by atoms with E-state index in [4.69, 9.17) is 4.74 Å². The van der Waals surface area contributed by atoms with Crippen molar-refractivity contribution in [2.24, 2.45) is 0 Å². The third-order valence-corrected chi connectivity index (χ3v) is 4.67. The van der Waals surface area contributed by atoms with Gasteiger partial charge in [0.25, 0.3) is 11.5 Å². The van der Waals surface area contributed by atoms with E-state index in [1.165, 1.54) is 18.2 Å². The maximum Gasteiger partial charge on any atom is 0.338 e. The van der Waals surface area contributed by atoms with Crippen LogP contribution in [-0.4, -0.2) is 34.1 Å². The lowest BCUT2D eigenvalue weighted by molar-refractivity contribution is -0.123. The second-order valence-corrected chi connectivity index (χ2v) is 6.76. The van der Waals surface area contributed by atoms with Crippen LogP contribution < -0.4 is 16.2 Å². The zero-order valence-electron chi connectivity index (χ0n) is 15.9. The number of hydrogen-bond donors (Lipinski definition) is 2. The summed E-state index contributed by atoms with van der Waals surface area (Å²) in [5.41, 5.74) is 0.968. The number of esters is 1. The van der Waals surface area contributed by atoms with E-state index in [-0.39, 0.29) is 11.1 Å². The summed E-state index contributed by atoms with van der Waals surface area (Å²) >= 11 is 0. The number of carbonyl (C=O) groups excluding carboxylic acids is 3. The molecule has 0 saturated carbocycles. The fraction of sp³-hybridized carbons (Fsp3) is 0.190. The van der Waals surface area contributed by atoms with Crippen LogP contribution in [0.25, 0.3) is 10.9 Å². The first-order valence-corrected chi connectivity index (χ1v) is 9.38. The summed E-state index contributed by atoms with van der Waals surface area (Å²) < 4.78 is 6.61. The molecule has 2 heterocycles. The highest BCUT2D eigenvalue weighted by molar-refractivity contribution is 6.02. The van der Waals surface area contributed by atoms with Crippen molar-refractivity contribution < 1.29 is 19.1 Å². The lowest BCUT2D eigenvalue weighted by Crippen LogP contribution is -2.37. The SMILES string of the molecule is O=C(COC(=O)c1ccc2c(=O)n3c(nc2c1)CCC3)NC(=O)Nc1ccccc1. The van der Waals surface area contributed by atoms with Crippen LogP contribution in [0.1, 0.15) is 22.6 Å². The first-order chi connectivity index (χ1) is 14.5. The molecule has 0 spiro atoms. The first kappa shape index (κ1) is 19.3. The molecule has 0 saturated heterocycles. The van der Waals surface area contributed by atoms with Crippen LogP contribution in [0.15, 0.2) is 53.3 Å². The van der Waals surface area contributed by atoms with E-state index in [1.54, 1.807) is 34.9 Å².